The summed E-state index contributed by atoms with van der Waals surface area (Å²) in [5, 5.41) is 9.42. The first-order valence-corrected chi connectivity index (χ1v) is 9.57. The third-order valence-electron chi connectivity index (χ3n) is 4.90. The molecular weight excluding hydrogens is 390 g/mol. The highest BCUT2D eigenvalue weighted by Gasteiger charge is 2.20. The van der Waals surface area contributed by atoms with Crippen LogP contribution >= 0.6 is 0 Å². The minimum Gasteiger partial charge on any atom is -0.453 e. The predicted molar refractivity (Wildman–Crippen MR) is 109 cm³/mol. The van der Waals surface area contributed by atoms with E-state index < -0.39 is 19.1 Å². The maximum absolute atomic E-state index is 13.5. The van der Waals surface area contributed by atoms with Crippen molar-refractivity contribution in [3.8, 4) is 6.07 Å². The van der Waals surface area contributed by atoms with Crippen LogP contribution < -0.4 is 0 Å². The molecule has 0 spiro atoms. The first-order chi connectivity index (χ1) is 14.4. The lowest BCUT2D eigenvalue weighted by Crippen LogP contribution is -2.11. The number of aryl methyl sites for hydroxylation is 1. The molecule has 0 radical (unpaired) electrons. The third kappa shape index (κ3) is 4.10. The molecule has 8 heteroatoms. The van der Waals surface area contributed by atoms with Crippen LogP contribution in [0.2, 0.25) is 0 Å². The molecule has 6 nitrogen and oxygen atoms in total. The minimum atomic E-state index is -2.83. The van der Waals surface area contributed by atoms with Crippen LogP contribution in [0.5, 0.6) is 0 Å². The summed E-state index contributed by atoms with van der Waals surface area (Å²) in [6, 6.07) is 10.2. The van der Waals surface area contributed by atoms with Crippen LogP contribution in [-0.4, -0.2) is 20.1 Å². The van der Waals surface area contributed by atoms with Gasteiger partial charge in [-0.1, -0.05) is 19.1 Å². The van der Waals surface area contributed by atoms with Gasteiger partial charge in [0, 0.05) is 17.9 Å². The number of ether oxygens (including phenoxy) is 1. The Kier molecular flexibility index (Phi) is 6.31. The Morgan fingerprint density at radius 2 is 2.07 bits per heavy atom. The van der Waals surface area contributed by atoms with E-state index in [-0.39, 0.29) is 16.9 Å². The fourth-order valence-corrected chi connectivity index (χ4v) is 3.46. The number of nitrogens with zero attached hydrogens (tertiary/aromatic N) is 4. The molecule has 30 heavy (non-hydrogen) atoms. The van der Waals surface area contributed by atoms with Crippen molar-refractivity contribution in [3.63, 3.8) is 0 Å². The second-order valence-electron chi connectivity index (χ2n) is 6.89. The number of aromatic nitrogens is 3. The summed E-state index contributed by atoms with van der Waals surface area (Å²) in [6.07, 6.45) is 2.42. The highest BCUT2D eigenvalue weighted by molar-refractivity contribution is 5.98. The summed E-state index contributed by atoms with van der Waals surface area (Å²) in [4.78, 5) is 16.6. The topological polar surface area (TPSA) is 72.8 Å². The van der Waals surface area contributed by atoms with Gasteiger partial charge in [0.25, 0.3) is 0 Å². The molecule has 0 bridgehead atoms. The average molecular weight is 412 g/mol. The first-order valence-electron chi connectivity index (χ1n) is 9.57. The largest absolute Gasteiger partial charge is 0.453 e. The number of fused-ring (bicyclic) bond motifs is 1. The van der Waals surface area contributed by atoms with E-state index in [1.165, 1.54) is 12.1 Å². The first kappa shape index (κ1) is 21.2. The summed E-state index contributed by atoms with van der Waals surface area (Å²) >= 11 is 0. The Morgan fingerprint density at radius 1 is 1.33 bits per heavy atom. The van der Waals surface area contributed by atoms with Crippen molar-refractivity contribution in [2.24, 2.45) is 0 Å². The molecule has 2 heterocycles. The van der Waals surface area contributed by atoms with Gasteiger partial charge in [-0.3, -0.25) is 4.57 Å². The number of hydrogen-bond donors (Lipinski definition) is 0. The van der Waals surface area contributed by atoms with Gasteiger partial charge in [0.15, 0.2) is 5.82 Å². The number of carbonyl (C=O) groups excluding carboxylic acids is 1. The number of benzene rings is 1. The molecule has 0 saturated heterocycles. The van der Waals surface area contributed by atoms with E-state index in [9.17, 15) is 18.8 Å². The minimum absolute atomic E-state index is 0.0852. The zero-order chi connectivity index (χ0) is 21.8. The Bertz CT molecular complexity index is 1150. The molecule has 0 saturated carbocycles. The predicted octanol–water partition coefficient (Wildman–Crippen LogP) is 4.91. The molecule has 0 aliphatic carbocycles. The number of alkyl halides is 2. The van der Waals surface area contributed by atoms with E-state index >= 15 is 0 Å². The van der Waals surface area contributed by atoms with Crippen LogP contribution in [0, 0.1) is 25.2 Å². The van der Waals surface area contributed by atoms with Crippen LogP contribution in [0.15, 0.2) is 35.9 Å². The Labute approximate surface area is 173 Å². The maximum Gasteiger partial charge on any atom is 0.349 e. The Balaban J connectivity index is 1.83. The van der Waals surface area contributed by atoms with Crippen LogP contribution in [-0.2, 0) is 22.7 Å². The lowest BCUT2D eigenvalue weighted by atomic mass is 10.1. The number of esters is 1. The van der Waals surface area contributed by atoms with Crippen molar-refractivity contribution in [1.82, 2.24) is 14.1 Å². The van der Waals surface area contributed by atoms with Crippen LogP contribution in [0.3, 0.4) is 0 Å². The van der Waals surface area contributed by atoms with Crippen molar-refractivity contribution >= 4 is 23.1 Å². The second-order valence-corrected chi connectivity index (χ2v) is 6.89. The van der Waals surface area contributed by atoms with E-state index in [0.717, 1.165) is 34.5 Å². The maximum atomic E-state index is 13.5. The summed E-state index contributed by atoms with van der Waals surface area (Å²) in [7, 11) is 0. The molecule has 0 fully saturated rings. The van der Waals surface area contributed by atoms with Crippen LogP contribution in [0.1, 0.15) is 42.7 Å². The van der Waals surface area contributed by atoms with Gasteiger partial charge in [0.1, 0.15) is 18.2 Å². The molecule has 3 aromatic rings. The molecule has 3 rings (SSSR count). The van der Waals surface area contributed by atoms with Gasteiger partial charge in [0.05, 0.1) is 11.0 Å². The van der Waals surface area contributed by atoms with Crippen molar-refractivity contribution in [2.75, 3.05) is 0 Å². The number of carbonyl (C=O) groups is 1. The molecule has 156 valence electrons. The molecule has 0 N–H and O–H groups in total. The van der Waals surface area contributed by atoms with Crippen molar-refractivity contribution in [1.29, 1.82) is 5.26 Å². The molecule has 0 amide bonds. The van der Waals surface area contributed by atoms with Crippen molar-refractivity contribution in [2.45, 2.75) is 46.9 Å². The number of halogens is 2. The van der Waals surface area contributed by atoms with Gasteiger partial charge in [-0.2, -0.15) is 14.0 Å². The van der Waals surface area contributed by atoms with Gasteiger partial charge in [-0.25, -0.2) is 9.78 Å². The molecule has 1 aromatic carbocycles. The van der Waals surface area contributed by atoms with E-state index in [1.807, 2.05) is 26.0 Å². The molecule has 0 aliphatic heterocycles. The van der Waals surface area contributed by atoms with Gasteiger partial charge in [-0.15, -0.1) is 0 Å². The smallest absolute Gasteiger partial charge is 0.349 e. The lowest BCUT2D eigenvalue weighted by Gasteiger charge is -2.08. The monoisotopic (exact) mass is 412 g/mol. The summed E-state index contributed by atoms with van der Waals surface area (Å²) < 4.78 is 35.0. The SMILES string of the molecule is CCCn1c(C)cc(/C=C(\C#N)C(=O)OCc2nc3ccccc3n2C(F)F)c1C. The van der Waals surface area contributed by atoms with Gasteiger partial charge < -0.3 is 9.30 Å². The molecular formula is C22H22F2N4O2. The molecule has 0 atom stereocenters. The number of nitriles is 1. The lowest BCUT2D eigenvalue weighted by molar-refractivity contribution is -0.140. The van der Waals surface area contributed by atoms with Crippen molar-refractivity contribution < 1.29 is 18.3 Å². The number of imidazole rings is 1. The van der Waals surface area contributed by atoms with E-state index in [4.69, 9.17) is 4.74 Å². The van der Waals surface area contributed by atoms with Gasteiger partial charge in [-0.05, 0) is 50.1 Å². The summed E-state index contributed by atoms with van der Waals surface area (Å²) in [5.41, 5.74) is 3.13. The highest BCUT2D eigenvalue weighted by Crippen LogP contribution is 2.24. The standard InChI is InChI=1S/C22H22F2N4O2/c1-4-9-27-14(2)10-16(15(27)3)11-17(12-25)21(29)30-13-20-26-18-7-5-6-8-19(18)28(20)22(23)24/h5-8,10-11,22H,4,9,13H2,1-3H3/b17-11+. The number of hydrogen-bond acceptors (Lipinski definition) is 4. The second kappa shape index (κ2) is 8.91. The summed E-state index contributed by atoms with van der Waals surface area (Å²) in [5.74, 6) is -0.969. The van der Waals surface area contributed by atoms with E-state index in [0.29, 0.717) is 5.52 Å². The molecule has 0 aliphatic rings. The van der Waals surface area contributed by atoms with E-state index in [2.05, 4.69) is 16.5 Å². The quantitative estimate of drug-likeness (QED) is 0.314. The zero-order valence-corrected chi connectivity index (χ0v) is 17.0. The van der Waals surface area contributed by atoms with E-state index in [1.54, 1.807) is 18.2 Å². The number of para-hydroxylation sites is 2. The van der Waals surface area contributed by atoms with Crippen LogP contribution in [0.25, 0.3) is 17.1 Å². The van der Waals surface area contributed by atoms with Gasteiger partial charge >= 0.3 is 12.5 Å². The average Bonchev–Trinajstić information content (AvgIpc) is 3.22. The highest BCUT2D eigenvalue weighted by atomic mass is 19.3. The Morgan fingerprint density at radius 3 is 2.73 bits per heavy atom. The fourth-order valence-electron chi connectivity index (χ4n) is 3.46. The third-order valence-corrected chi connectivity index (χ3v) is 4.90. The van der Waals surface area contributed by atoms with Gasteiger partial charge in [0.2, 0.25) is 0 Å². The molecule has 2 aromatic heterocycles. The zero-order valence-electron chi connectivity index (χ0n) is 17.0. The van der Waals surface area contributed by atoms with Crippen LogP contribution in [0.4, 0.5) is 8.78 Å². The summed E-state index contributed by atoms with van der Waals surface area (Å²) in [6.45, 7) is 3.48. The number of rotatable bonds is 7. The Hall–Kier alpha value is -3.47. The fraction of sp³-hybridized carbons (Fsp3) is 0.318. The van der Waals surface area contributed by atoms with Crippen molar-refractivity contribution in [3.05, 3.63) is 58.7 Å². The molecule has 0 unspecified atom stereocenters. The normalized spacial score (nSPS) is 11.8.